The number of aliphatic hydroxyl groups is 1. The molecule has 1 saturated heterocycles. The zero-order valence-corrected chi connectivity index (χ0v) is 16.6. The minimum Gasteiger partial charge on any atom is -0.395 e. The molecule has 0 aliphatic carbocycles. The third-order valence-electron chi connectivity index (χ3n) is 4.84. The molecular weight excluding hydrogens is 416 g/mol. The summed E-state index contributed by atoms with van der Waals surface area (Å²) in [6.45, 7) is 4.17. The van der Waals surface area contributed by atoms with Crippen LogP contribution in [0.25, 0.3) is 0 Å². The molecule has 0 radical (unpaired) electrons. The van der Waals surface area contributed by atoms with Crippen molar-refractivity contribution < 1.29 is 19.5 Å². The average molecular weight is 439 g/mol. The third-order valence-corrected chi connectivity index (χ3v) is 5.34. The summed E-state index contributed by atoms with van der Waals surface area (Å²) in [7, 11) is 0. The van der Waals surface area contributed by atoms with Gasteiger partial charge < -0.3 is 15.3 Å². The van der Waals surface area contributed by atoms with Gasteiger partial charge in [-0.25, -0.2) is 4.79 Å². The van der Waals surface area contributed by atoms with E-state index >= 15 is 0 Å². The van der Waals surface area contributed by atoms with E-state index in [0.717, 1.165) is 17.6 Å². The molecule has 1 fully saturated rings. The smallest absolute Gasteiger partial charge is 0.317 e. The maximum atomic E-state index is 12.4. The van der Waals surface area contributed by atoms with Crippen LogP contribution in [-0.2, 0) is 0 Å². The summed E-state index contributed by atoms with van der Waals surface area (Å²) in [5, 5.41) is 11.8. The number of hydrogen-bond acceptors (Lipinski definition) is 5. The lowest BCUT2D eigenvalue weighted by Crippen LogP contribution is -2.52. The molecular formula is C18H23BrN4O4. The fourth-order valence-electron chi connectivity index (χ4n) is 3.33. The van der Waals surface area contributed by atoms with Gasteiger partial charge in [0.15, 0.2) is 0 Å². The number of imide groups is 1. The largest absolute Gasteiger partial charge is 0.395 e. The molecule has 9 heteroatoms. The molecule has 0 saturated carbocycles. The number of rotatable bonds is 6. The van der Waals surface area contributed by atoms with Crippen molar-refractivity contribution in [3.05, 3.63) is 33.8 Å². The molecule has 0 aromatic heterocycles. The summed E-state index contributed by atoms with van der Waals surface area (Å²) in [6, 6.07) is 4.92. The molecule has 0 unspecified atom stereocenters. The summed E-state index contributed by atoms with van der Waals surface area (Å²) >= 11 is 3.31. The average Bonchev–Trinajstić information content (AvgIpc) is 2.90. The molecule has 2 N–H and O–H groups in total. The highest BCUT2D eigenvalue weighted by molar-refractivity contribution is 9.10. The first-order valence-corrected chi connectivity index (χ1v) is 9.82. The lowest BCUT2D eigenvalue weighted by atomic mass is 10.1. The van der Waals surface area contributed by atoms with E-state index in [1.54, 1.807) is 23.1 Å². The Labute approximate surface area is 166 Å². The van der Waals surface area contributed by atoms with Crippen LogP contribution in [0.1, 0.15) is 27.1 Å². The van der Waals surface area contributed by atoms with Crippen LogP contribution >= 0.6 is 15.9 Å². The molecule has 2 heterocycles. The molecule has 2 aliphatic heterocycles. The van der Waals surface area contributed by atoms with E-state index < -0.39 is 0 Å². The van der Waals surface area contributed by atoms with E-state index in [4.69, 9.17) is 5.11 Å². The van der Waals surface area contributed by atoms with Crippen molar-refractivity contribution in [3.8, 4) is 0 Å². The van der Waals surface area contributed by atoms with Crippen molar-refractivity contribution in [1.82, 2.24) is 20.0 Å². The number of carbonyl (C=O) groups excluding carboxylic acids is 3. The van der Waals surface area contributed by atoms with Crippen LogP contribution in [0.5, 0.6) is 0 Å². The first kappa shape index (κ1) is 19.8. The van der Waals surface area contributed by atoms with Crippen molar-refractivity contribution in [1.29, 1.82) is 0 Å². The standard InChI is InChI=1S/C18H23BrN4O4/c19-13-2-3-14-15(12-13)17(26)23(16(14)25)5-1-4-20-18(27)22-8-6-21(7-9-22)10-11-24/h2-3,12,24H,1,4-11H2,(H,20,27). The number of carbonyl (C=O) groups is 3. The van der Waals surface area contributed by atoms with Crippen molar-refractivity contribution in [2.75, 3.05) is 52.4 Å². The number of hydrogen-bond donors (Lipinski definition) is 2. The normalized spacial score (nSPS) is 17.4. The van der Waals surface area contributed by atoms with E-state index in [1.165, 1.54) is 4.90 Å². The number of urea groups is 1. The van der Waals surface area contributed by atoms with Crippen LogP contribution < -0.4 is 5.32 Å². The highest BCUT2D eigenvalue weighted by Crippen LogP contribution is 2.25. The van der Waals surface area contributed by atoms with E-state index in [1.807, 2.05) is 0 Å². The minimum absolute atomic E-state index is 0.126. The van der Waals surface area contributed by atoms with Crippen molar-refractivity contribution in [3.63, 3.8) is 0 Å². The van der Waals surface area contributed by atoms with Crippen LogP contribution in [0, 0.1) is 0 Å². The molecule has 3 rings (SSSR count). The first-order valence-electron chi connectivity index (χ1n) is 9.03. The molecule has 1 aromatic rings. The zero-order valence-electron chi connectivity index (χ0n) is 15.0. The SMILES string of the molecule is O=C(NCCCN1C(=O)c2ccc(Br)cc2C1=O)N1CCN(CCO)CC1. The second kappa shape index (κ2) is 8.81. The second-order valence-electron chi connectivity index (χ2n) is 6.59. The molecule has 0 bridgehead atoms. The van der Waals surface area contributed by atoms with Crippen LogP contribution in [-0.4, -0.2) is 90.1 Å². The summed E-state index contributed by atoms with van der Waals surface area (Å²) in [6.07, 6.45) is 0.503. The van der Waals surface area contributed by atoms with Gasteiger partial charge in [0, 0.05) is 50.3 Å². The van der Waals surface area contributed by atoms with Gasteiger partial charge in [-0.1, -0.05) is 15.9 Å². The Kier molecular flexibility index (Phi) is 6.46. The summed E-state index contributed by atoms with van der Waals surface area (Å²) in [5.41, 5.74) is 0.840. The second-order valence-corrected chi connectivity index (χ2v) is 7.51. The predicted octanol–water partition coefficient (Wildman–Crippen LogP) is 0.755. The lowest BCUT2D eigenvalue weighted by Gasteiger charge is -2.34. The number of nitrogens with zero attached hydrogens (tertiary/aromatic N) is 3. The van der Waals surface area contributed by atoms with Gasteiger partial charge in [-0.05, 0) is 24.6 Å². The summed E-state index contributed by atoms with van der Waals surface area (Å²) < 4.78 is 0.760. The number of amides is 4. The van der Waals surface area contributed by atoms with Gasteiger partial charge in [0.25, 0.3) is 11.8 Å². The quantitative estimate of drug-likeness (QED) is 0.504. The fraction of sp³-hybridized carbons (Fsp3) is 0.500. The Hall–Kier alpha value is -1.97. The number of nitrogens with one attached hydrogen (secondary N) is 1. The van der Waals surface area contributed by atoms with Crippen LogP contribution in [0.3, 0.4) is 0 Å². The van der Waals surface area contributed by atoms with E-state index in [-0.39, 0.29) is 31.0 Å². The molecule has 1 aromatic carbocycles. The minimum atomic E-state index is -0.289. The van der Waals surface area contributed by atoms with Crippen LogP contribution in [0.15, 0.2) is 22.7 Å². The Morgan fingerprint density at radius 3 is 2.48 bits per heavy atom. The number of fused-ring (bicyclic) bond motifs is 1. The summed E-state index contributed by atoms with van der Waals surface area (Å²) in [5.74, 6) is -0.573. The zero-order chi connectivity index (χ0) is 19.4. The Morgan fingerprint density at radius 2 is 1.78 bits per heavy atom. The number of β-amino-alcohol motifs (C(OH)–C–C–N with tert-alkyl or cyclic N) is 1. The van der Waals surface area contributed by atoms with Crippen molar-refractivity contribution in [2.45, 2.75) is 6.42 Å². The maximum absolute atomic E-state index is 12.4. The molecule has 8 nitrogen and oxygen atoms in total. The molecule has 2 aliphatic rings. The van der Waals surface area contributed by atoms with E-state index in [9.17, 15) is 14.4 Å². The Morgan fingerprint density at radius 1 is 1.07 bits per heavy atom. The van der Waals surface area contributed by atoms with Crippen LogP contribution in [0.4, 0.5) is 4.79 Å². The number of aliphatic hydroxyl groups excluding tert-OH is 1. The fourth-order valence-corrected chi connectivity index (χ4v) is 3.69. The summed E-state index contributed by atoms with van der Waals surface area (Å²) in [4.78, 5) is 42.0. The van der Waals surface area contributed by atoms with Crippen LogP contribution in [0.2, 0.25) is 0 Å². The van der Waals surface area contributed by atoms with E-state index in [2.05, 4.69) is 26.1 Å². The van der Waals surface area contributed by atoms with Crippen molar-refractivity contribution in [2.24, 2.45) is 0 Å². The van der Waals surface area contributed by atoms with Crippen molar-refractivity contribution >= 4 is 33.8 Å². The van der Waals surface area contributed by atoms with Gasteiger partial charge >= 0.3 is 6.03 Å². The van der Waals surface area contributed by atoms with Gasteiger partial charge in [0.1, 0.15) is 0 Å². The monoisotopic (exact) mass is 438 g/mol. The third kappa shape index (κ3) is 4.48. The van der Waals surface area contributed by atoms with Gasteiger partial charge in [-0.15, -0.1) is 0 Å². The highest BCUT2D eigenvalue weighted by Gasteiger charge is 2.35. The molecule has 0 spiro atoms. The Balaban J connectivity index is 1.41. The van der Waals surface area contributed by atoms with Gasteiger partial charge in [-0.3, -0.25) is 19.4 Å². The lowest BCUT2D eigenvalue weighted by molar-refractivity contribution is 0.0653. The first-order chi connectivity index (χ1) is 13.0. The van der Waals surface area contributed by atoms with Gasteiger partial charge in [-0.2, -0.15) is 0 Å². The highest BCUT2D eigenvalue weighted by atomic mass is 79.9. The number of benzene rings is 1. The van der Waals surface area contributed by atoms with E-state index in [0.29, 0.717) is 43.7 Å². The maximum Gasteiger partial charge on any atom is 0.317 e. The molecule has 4 amide bonds. The number of piperazine rings is 1. The number of halogens is 1. The Bertz CT molecular complexity index is 734. The molecule has 0 atom stereocenters. The molecule has 27 heavy (non-hydrogen) atoms. The topological polar surface area (TPSA) is 93.2 Å². The van der Waals surface area contributed by atoms with Gasteiger partial charge in [0.05, 0.1) is 17.7 Å². The molecule has 146 valence electrons. The predicted molar refractivity (Wildman–Crippen MR) is 103 cm³/mol. The van der Waals surface area contributed by atoms with Gasteiger partial charge in [0.2, 0.25) is 0 Å².